The van der Waals surface area contributed by atoms with Gasteiger partial charge >= 0.3 is 5.97 Å². The van der Waals surface area contributed by atoms with E-state index >= 15 is 0 Å². The second-order valence-electron chi connectivity index (χ2n) is 12.3. The van der Waals surface area contributed by atoms with Gasteiger partial charge in [-0.15, -0.1) is 0 Å². The summed E-state index contributed by atoms with van der Waals surface area (Å²) in [5.41, 5.74) is -3.14. The minimum Gasteiger partial charge on any atom is -0.454 e. The summed E-state index contributed by atoms with van der Waals surface area (Å²) >= 11 is 0. The molecule has 3 N–H and O–H groups in total. The number of allylic oxidation sites excluding steroid dienone is 1. The average molecular weight is 459 g/mol. The maximum absolute atomic E-state index is 14.1. The Morgan fingerprint density at radius 1 is 1.15 bits per heavy atom. The van der Waals surface area contributed by atoms with Crippen molar-refractivity contribution in [2.24, 2.45) is 34.0 Å². The molecule has 0 radical (unpaired) electrons. The van der Waals surface area contributed by atoms with Gasteiger partial charge < -0.3 is 20.1 Å². The number of hydrogen-bond donors (Lipinski definition) is 3. The Kier molecular flexibility index (Phi) is 5.11. The van der Waals surface area contributed by atoms with Crippen molar-refractivity contribution >= 4 is 11.8 Å². The number of aliphatic hydroxyl groups is 3. The molecule has 0 amide bonds. The van der Waals surface area contributed by atoms with Crippen molar-refractivity contribution < 1.29 is 29.6 Å². The van der Waals surface area contributed by atoms with Crippen LogP contribution in [0.4, 0.5) is 0 Å². The Morgan fingerprint density at radius 2 is 1.82 bits per heavy atom. The van der Waals surface area contributed by atoms with Crippen molar-refractivity contribution in [1.29, 1.82) is 0 Å². The molecule has 7 atom stereocenters. The van der Waals surface area contributed by atoms with Crippen LogP contribution in [0.5, 0.6) is 0 Å². The molecule has 0 aromatic carbocycles. The van der Waals surface area contributed by atoms with E-state index in [1.54, 1.807) is 19.1 Å². The fraction of sp³-hybridized carbons (Fsp3) is 0.778. The first-order chi connectivity index (χ1) is 15.4. The van der Waals surface area contributed by atoms with Crippen molar-refractivity contribution in [2.75, 3.05) is 6.61 Å². The van der Waals surface area contributed by atoms with Crippen LogP contribution in [0.15, 0.2) is 23.3 Å². The largest absolute Gasteiger partial charge is 0.454 e. The van der Waals surface area contributed by atoms with Gasteiger partial charge in [0.15, 0.2) is 17.5 Å². The highest BCUT2D eigenvalue weighted by atomic mass is 16.6. The van der Waals surface area contributed by atoms with Crippen molar-refractivity contribution in [3.63, 3.8) is 0 Å². The quantitative estimate of drug-likeness (QED) is 0.444. The summed E-state index contributed by atoms with van der Waals surface area (Å²) in [5.74, 6) is -0.507. The van der Waals surface area contributed by atoms with Gasteiger partial charge in [0, 0.05) is 5.92 Å². The molecule has 0 aromatic heterocycles. The zero-order chi connectivity index (χ0) is 24.0. The SMILES string of the molecule is CC1=C[C@@]23CC[C@@H]4[C@@H]([C@H](C=C(CO)[C@@H](O)[C@]2(O)[C@H]1OC(=O)C1(C)CCCCC1)C3=O)C4(C)C. The first-order valence-electron chi connectivity index (χ1n) is 12.6. The molecule has 5 rings (SSSR count). The molecule has 33 heavy (non-hydrogen) atoms. The van der Waals surface area contributed by atoms with Crippen LogP contribution in [0.25, 0.3) is 0 Å². The maximum atomic E-state index is 14.1. The molecule has 3 fully saturated rings. The van der Waals surface area contributed by atoms with Crippen LogP contribution < -0.4 is 0 Å². The van der Waals surface area contributed by atoms with E-state index in [1.807, 2.05) is 6.92 Å². The lowest BCUT2D eigenvalue weighted by atomic mass is 9.63. The van der Waals surface area contributed by atoms with Crippen LogP contribution in [0.2, 0.25) is 0 Å². The van der Waals surface area contributed by atoms with E-state index in [0.717, 1.165) is 38.5 Å². The number of Topliss-reactive ketones (excluding diaryl/α,β-unsaturated/α-hetero) is 1. The van der Waals surface area contributed by atoms with Gasteiger partial charge in [0.25, 0.3) is 0 Å². The number of aliphatic hydroxyl groups excluding tert-OH is 2. The Labute approximate surface area is 196 Å². The molecule has 0 aliphatic heterocycles. The third-order valence-corrected chi connectivity index (χ3v) is 10.1. The second kappa shape index (κ2) is 7.25. The Balaban J connectivity index is 1.57. The van der Waals surface area contributed by atoms with Gasteiger partial charge in [0.2, 0.25) is 0 Å². The van der Waals surface area contributed by atoms with Crippen molar-refractivity contribution in [3.8, 4) is 0 Å². The van der Waals surface area contributed by atoms with E-state index in [1.165, 1.54) is 0 Å². The van der Waals surface area contributed by atoms with E-state index in [-0.39, 0.29) is 28.7 Å². The van der Waals surface area contributed by atoms with Crippen molar-refractivity contribution in [2.45, 2.75) is 90.4 Å². The molecule has 2 bridgehead atoms. The third-order valence-electron chi connectivity index (χ3n) is 10.1. The van der Waals surface area contributed by atoms with Gasteiger partial charge in [0.1, 0.15) is 6.10 Å². The van der Waals surface area contributed by atoms with Gasteiger partial charge in [-0.2, -0.15) is 0 Å². The molecular weight excluding hydrogens is 420 g/mol. The highest BCUT2D eigenvalue weighted by Gasteiger charge is 2.74. The number of ketones is 1. The van der Waals surface area contributed by atoms with Crippen LogP contribution in [-0.2, 0) is 14.3 Å². The van der Waals surface area contributed by atoms with E-state index < -0.39 is 41.2 Å². The van der Waals surface area contributed by atoms with Gasteiger partial charge in [-0.3, -0.25) is 9.59 Å². The van der Waals surface area contributed by atoms with Crippen LogP contribution in [0.1, 0.15) is 72.6 Å². The van der Waals surface area contributed by atoms with Gasteiger partial charge in [-0.25, -0.2) is 0 Å². The molecule has 6 heteroatoms. The van der Waals surface area contributed by atoms with Gasteiger partial charge in [0.05, 0.1) is 17.4 Å². The topological polar surface area (TPSA) is 104 Å². The first-order valence-corrected chi connectivity index (χ1v) is 12.6. The molecular formula is C27H38O6. The number of ether oxygens (including phenoxy) is 1. The van der Waals surface area contributed by atoms with Crippen LogP contribution >= 0.6 is 0 Å². The van der Waals surface area contributed by atoms with Gasteiger partial charge in [-0.1, -0.05) is 45.3 Å². The number of rotatable bonds is 3. The molecule has 5 aliphatic rings. The highest BCUT2D eigenvalue weighted by Crippen LogP contribution is 2.70. The van der Waals surface area contributed by atoms with Gasteiger partial charge in [-0.05, 0) is 67.9 Å². The van der Waals surface area contributed by atoms with Crippen LogP contribution in [0.3, 0.4) is 0 Å². The fourth-order valence-electron chi connectivity index (χ4n) is 8.00. The molecule has 0 heterocycles. The van der Waals surface area contributed by atoms with E-state index in [4.69, 9.17) is 4.74 Å². The second-order valence-corrected chi connectivity index (χ2v) is 12.3. The summed E-state index contributed by atoms with van der Waals surface area (Å²) in [6, 6.07) is 0. The average Bonchev–Trinajstić information content (AvgIpc) is 3.30. The first kappa shape index (κ1) is 23.3. The summed E-state index contributed by atoms with van der Waals surface area (Å²) in [6.07, 6.45) is 6.48. The lowest BCUT2D eigenvalue weighted by molar-refractivity contribution is -0.203. The molecule has 1 spiro atoms. The maximum Gasteiger partial charge on any atom is 0.312 e. The summed E-state index contributed by atoms with van der Waals surface area (Å²) in [4.78, 5) is 27.5. The molecule has 6 nitrogen and oxygen atoms in total. The minimum atomic E-state index is -2.03. The molecule has 0 saturated heterocycles. The Hall–Kier alpha value is -1.50. The normalized spacial score (nSPS) is 45.1. The monoisotopic (exact) mass is 458 g/mol. The molecule has 5 aliphatic carbocycles. The number of carbonyl (C=O) groups excluding carboxylic acids is 2. The van der Waals surface area contributed by atoms with Crippen LogP contribution in [-0.4, -0.2) is 51.5 Å². The van der Waals surface area contributed by atoms with Crippen molar-refractivity contribution in [1.82, 2.24) is 0 Å². The third kappa shape index (κ3) is 2.90. The molecule has 182 valence electrons. The van der Waals surface area contributed by atoms with E-state index in [9.17, 15) is 24.9 Å². The molecule has 0 unspecified atom stereocenters. The fourth-order valence-corrected chi connectivity index (χ4v) is 8.00. The predicted octanol–water partition coefficient (Wildman–Crippen LogP) is 3.09. The molecule has 3 saturated carbocycles. The summed E-state index contributed by atoms with van der Waals surface area (Å²) in [6.45, 7) is 7.55. The lowest BCUT2D eigenvalue weighted by Gasteiger charge is -2.46. The highest BCUT2D eigenvalue weighted by molar-refractivity contribution is 5.95. The summed E-state index contributed by atoms with van der Waals surface area (Å²) < 4.78 is 6.03. The number of carbonyl (C=O) groups is 2. The summed E-state index contributed by atoms with van der Waals surface area (Å²) in [5, 5.41) is 33.9. The zero-order valence-electron chi connectivity index (χ0n) is 20.3. The number of hydrogen-bond acceptors (Lipinski definition) is 6. The number of esters is 1. The Bertz CT molecular complexity index is 940. The predicted molar refractivity (Wildman–Crippen MR) is 122 cm³/mol. The standard InChI is InChI=1S/C27H38O6/c1-15-13-26-11-8-18-19(24(18,2)3)17(21(26)30)12-16(14-28)20(29)27(26,32)22(15)33-23(31)25(4)9-6-5-7-10-25/h12-13,17-20,22,28-29,32H,5-11,14H2,1-4H3/t17-,18+,19+,20+,22-,26+,27-/m0/s1. The minimum absolute atomic E-state index is 0.00517. The summed E-state index contributed by atoms with van der Waals surface area (Å²) in [7, 11) is 0. The molecule has 0 aromatic rings. The Morgan fingerprint density at radius 3 is 2.45 bits per heavy atom. The zero-order valence-corrected chi connectivity index (χ0v) is 20.3. The smallest absolute Gasteiger partial charge is 0.312 e. The lowest BCUT2D eigenvalue weighted by Crippen LogP contribution is -2.64. The number of fused-ring (bicyclic) bond motifs is 3. The van der Waals surface area contributed by atoms with E-state index in [2.05, 4.69) is 13.8 Å². The van der Waals surface area contributed by atoms with Crippen molar-refractivity contribution in [3.05, 3.63) is 23.3 Å². The van der Waals surface area contributed by atoms with E-state index in [0.29, 0.717) is 17.9 Å². The van der Waals surface area contributed by atoms with Crippen LogP contribution in [0, 0.1) is 34.0 Å².